The molecule has 0 aliphatic heterocycles. The number of rotatable bonds is 3. The molecule has 2 aromatic rings. The highest BCUT2D eigenvalue weighted by Crippen LogP contribution is 2.36. The minimum Gasteiger partial charge on any atom is -0.406 e. The number of nitrogens with zero attached hydrogens (tertiary/aromatic N) is 1. The van der Waals surface area contributed by atoms with Crippen LogP contribution < -0.4 is 10.4 Å². The summed E-state index contributed by atoms with van der Waals surface area (Å²) in [6, 6.07) is 4.59. The van der Waals surface area contributed by atoms with E-state index in [-0.39, 0.29) is 16.1 Å². The Bertz CT molecular complexity index is 817. The van der Waals surface area contributed by atoms with Crippen LogP contribution in [0, 0.1) is 0 Å². The topological polar surface area (TPSA) is 84.0 Å². The second-order valence-electron chi connectivity index (χ2n) is 5.15. The average molecular weight is 293 g/mol. The fraction of sp³-hybridized carbons (Fsp3) is 0.364. The van der Waals surface area contributed by atoms with Crippen molar-refractivity contribution in [1.29, 1.82) is 0 Å². The van der Waals surface area contributed by atoms with Crippen molar-refractivity contribution in [2.45, 2.75) is 30.2 Å². The maximum absolute atomic E-state index is 12.2. The van der Waals surface area contributed by atoms with Crippen molar-refractivity contribution in [1.82, 2.24) is 13.3 Å². The fourth-order valence-corrected chi connectivity index (χ4v) is 3.70. The largest absolute Gasteiger partial charge is 0.406 e. The first-order valence-corrected chi connectivity index (χ1v) is 7.85. The summed E-state index contributed by atoms with van der Waals surface area (Å²) in [5.74, 6) is 0. The number of nitrogens with one attached hydrogen (secondary N) is 2. The summed E-state index contributed by atoms with van der Waals surface area (Å²) in [6.45, 7) is 1.88. The molecule has 0 bridgehead atoms. The minimum absolute atomic E-state index is 0.170. The number of fused-ring (bicyclic) bond motifs is 1. The monoisotopic (exact) mass is 293 g/mol. The lowest BCUT2D eigenvalue weighted by atomic mass is 10.3. The Hall–Kier alpha value is -1.07. The number of H-pyrrole nitrogens is 1. The molecule has 1 aliphatic rings. The van der Waals surface area contributed by atoms with Crippen molar-refractivity contribution >= 4 is 37.6 Å². The molecule has 1 fully saturated rings. The maximum atomic E-state index is 12.2. The van der Waals surface area contributed by atoms with Gasteiger partial charge in [-0.1, -0.05) is 0 Å². The van der Waals surface area contributed by atoms with Gasteiger partial charge in [0.05, 0.1) is 10.4 Å². The standard InChI is InChI=1S/C11H13N3O3S.Al/c1-11(4-5-11)14-18(16,17)7-2-3-8-9(6-7)13-10(15)12-8;/h2-3,6,14H,4-5H2,1H3,(H2,12,13,15);/q;+1/p-1. The van der Waals surface area contributed by atoms with Crippen LogP contribution in [0.15, 0.2) is 27.9 Å². The molecule has 3 rings (SSSR count). The van der Waals surface area contributed by atoms with Gasteiger partial charge in [0.25, 0.3) is 0 Å². The number of aromatic nitrogens is 2. The number of hydrogen-bond donors (Lipinski definition) is 2. The van der Waals surface area contributed by atoms with E-state index in [4.69, 9.17) is 0 Å². The zero-order chi connectivity index (χ0) is 13.8. The van der Waals surface area contributed by atoms with Crippen LogP contribution in [0.5, 0.6) is 0 Å². The van der Waals surface area contributed by atoms with E-state index in [2.05, 4.69) is 26.2 Å². The number of sulfonamides is 1. The van der Waals surface area contributed by atoms with Gasteiger partial charge in [-0.25, -0.2) is 13.1 Å². The Balaban J connectivity index is 2.10. The molecule has 8 heteroatoms. The van der Waals surface area contributed by atoms with E-state index in [1.165, 1.54) is 15.7 Å². The van der Waals surface area contributed by atoms with Gasteiger partial charge in [-0.2, -0.15) is 0 Å². The third-order valence-electron chi connectivity index (χ3n) is 3.38. The Morgan fingerprint density at radius 3 is 2.74 bits per heavy atom. The molecule has 2 radical (unpaired) electrons. The summed E-state index contributed by atoms with van der Waals surface area (Å²) < 4.78 is 28.5. The summed E-state index contributed by atoms with van der Waals surface area (Å²) in [5.41, 5.74) is 0.541. The normalized spacial score (nSPS) is 17.7. The zero-order valence-corrected chi connectivity index (χ0v) is 12.3. The van der Waals surface area contributed by atoms with Crippen molar-refractivity contribution in [3.05, 3.63) is 28.7 Å². The smallest absolute Gasteiger partial charge is 0.326 e. The first kappa shape index (κ1) is 12.9. The van der Waals surface area contributed by atoms with Crippen molar-refractivity contribution in [2.75, 3.05) is 0 Å². The van der Waals surface area contributed by atoms with Crippen LogP contribution in [0.4, 0.5) is 0 Å². The Morgan fingerprint density at radius 1 is 1.42 bits per heavy atom. The zero-order valence-electron chi connectivity index (χ0n) is 10.3. The molecule has 1 saturated carbocycles. The molecule has 1 heterocycles. The number of benzene rings is 1. The van der Waals surface area contributed by atoms with Gasteiger partial charge in [-0.15, -0.1) is 0 Å². The quantitative estimate of drug-likeness (QED) is 0.787. The Kier molecular flexibility index (Phi) is 2.70. The molecule has 0 unspecified atom stereocenters. The van der Waals surface area contributed by atoms with Gasteiger partial charge < -0.3 is 8.53 Å². The SMILES string of the molecule is CC1(NS(=O)(=O)c2ccc3[nH]c(=O)[n]([Al])c3c2)CC1. The number of aromatic amines is 1. The number of hydrogen-bond acceptors (Lipinski definition) is 3. The summed E-state index contributed by atoms with van der Waals surface area (Å²) in [5, 5.41) is 0. The molecule has 0 spiro atoms. The van der Waals surface area contributed by atoms with E-state index in [0.717, 1.165) is 12.8 Å². The summed E-state index contributed by atoms with van der Waals surface area (Å²) in [7, 11) is -3.54. The highest BCUT2D eigenvalue weighted by Gasteiger charge is 2.41. The lowest BCUT2D eigenvalue weighted by Gasteiger charge is -2.12. The Morgan fingerprint density at radius 2 is 2.11 bits per heavy atom. The first-order chi connectivity index (χ1) is 8.81. The van der Waals surface area contributed by atoms with Gasteiger partial charge in [0.2, 0.25) is 10.0 Å². The van der Waals surface area contributed by atoms with Crippen LogP contribution >= 0.6 is 0 Å². The van der Waals surface area contributed by atoms with Gasteiger partial charge in [0, 0.05) is 11.1 Å². The van der Waals surface area contributed by atoms with E-state index in [1.54, 1.807) is 6.07 Å². The average Bonchev–Trinajstić information content (AvgIpc) is 2.97. The molecule has 2 N–H and O–H groups in total. The van der Waals surface area contributed by atoms with Crippen LogP contribution in [0.1, 0.15) is 19.8 Å². The first-order valence-electron chi connectivity index (χ1n) is 5.85. The molecular formula is C11H12AlN3O3S. The summed E-state index contributed by atoms with van der Waals surface area (Å²) in [6.07, 6.45) is 1.71. The predicted molar refractivity (Wildman–Crippen MR) is 71.7 cm³/mol. The molecule has 1 aliphatic carbocycles. The molecule has 0 amide bonds. The van der Waals surface area contributed by atoms with Gasteiger partial charge in [0.15, 0.2) is 0 Å². The summed E-state index contributed by atoms with van der Waals surface area (Å²) >= 11 is 2.26. The van der Waals surface area contributed by atoms with E-state index in [1.807, 2.05) is 6.92 Å². The van der Waals surface area contributed by atoms with Crippen molar-refractivity contribution < 1.29 is 8.42 Å². The lowest BCUT2D eigenvalue weighted by Crippen LogP contribution is -2.34. The molecular weight excluding hydrogens is 281 g/mol. The van der Waals surface area contributed by atoms with Crippen LogP contribution in [0.25, 0.3) is 11.0 Å². The highest BCUT2D eigenvalue weighted by atomic mass is 32.2. The van der Waals surface area contributed by atoms with E-state index < -0.39 is 10.0 Å². The molecule has 1 aromatic heterocycles. The molecule has 6 nitrogen and oxygen atoms in total. The third kappa shape index (κ3) is 2.25. The van der Waals surface area contributed by atoms with Crippen LogP contribution in [0.2, 0.25) is 0 Å². The van der Waals surface area contributed by atoms with Crippen molar-refractivity contribution in [2.24, 2.45) is 0 Å². The molecule has 1 aromatic carbocycles. The van der Waals surface area contributed by atoms with Crippen LogP contribution in [0.3, 0.4) is 0 Å². The molecule has 0 saturated heterocycles. The molecule has 98 valence electrons. The number of imidazole rings is 1. The van der Waals surface area contributed by atoms with Gasteiger partial charge in [0.1, 0.15) is 0 Å². The van der Waals surface area contributed by atoms with Crippen LogP contribution in [-0.4, -0.2) is 39.0 Å². The van der Waals surface area contributed by atoms with Gasteiger partial charge in [-0.05, 0) is 38.0 Å². The Labute approximate surface area is 118 Å². The van der Waals surface area contributed by atoms with E-state index in [9.17, 15) is 13.2 Å². The lowest BCUT2D eigenvalue weighted by molar-refractivity contribution is 0.558. The second kappa shape index (κ2) is 3.96. The molecule has 19 heavy (non-hydrogen) atoms. The summed E-state index contributed by atoms with van der Waals surface area (Å²) in [4.78, 5) is 14.3. The van der Waals surface area contributed by atoms with Gasteiger partial charge in [-0.3, -0.25) is 4.79 Å². The van der Waals surface area contributed by atoms with E-state index in [0.29, 0.717) is 11.0 Å². The molecule has 0 atom stereocenters. The van der Waals surface area contributed by atoms with Crippen molar-refractivity contribution in [3.8, 4) is 0 Å². The van der Waals surface area contributed by atoms with Crippen molar-refractivity contribution in [3.63, 3.8) is 0 Å². The van der Waals surface area contributed by atoms with E-state index >= 15 is 0 Å². The highest BCUT2D eigenvalue weighted by molar-refractivity contribution is 7.89. The van der Waals surface area contributed by atoms with Crippen LogP contribution in [-0.2, 0) is 10.0 Å². The van der Waals surface area contributed by atoms with Gasteiger partial charge >= 0.3 is 22.2 Å². The third-order valence-corrected chi connectivity index (χ3v) is 5.53. The maximum Gasteiger partial charge on any atom is 0.326 e. The minimum atomic E-state index is -3.54. The fourth-order valence-electron chi connectivity index (χ4n) is 1.94. The second-order valence-corrected chi connectivity index (χ2v) is 7.34. The predicted octanol–water partition coefficient (Wildman–Crippen LogP) is 0.0920.